The SMILES string of the molecule is CSCC[C@@H](NC(=O)c1noc(C2CCCN2)n1)C(=O)O. The van der Waals surface area contributed by atoms with Crippen LogP contribution in [0.25, 0.3) is 0 Å². The fourth-order valence-corrected chi connectivity index (χ4v) is 2.55. The van der Waals surface area contributed by atoms with Gasteiger partial charge in [0.1, 0.15) is 6.04 Å². The molecule has 1 aromatic rings. The van der Waals surface area contributed by atoms with Crippen molar-refractivity contribution >= 4 is 23.6 Å². The van der Waals surface area contributed by atoms with Gasteiger partial charge in [0.15, 0.2) is 0 Å². The molecule has 1 saturated heterocycles. The normalized spacial score (nSPS) is 19.4. The second-order valence-corrected chi connectivity index (χ2v) is 5.74. The quantitative estimate of drug-likeness (QED) is 0.663. The second kappa shape index (κ2) is 7.41. The molecule has 116 valence electrons. The molecule has 0 saturated carbocycles. The summed E-state index contributed by atoms with van der Waals surface area (Å²) in [6, 6.07) is -0.970. The van der Waals surface area contributed by atoms with E-state index in [0.717, 1.165) is 19.4 Å². The Hall–Kier alpha value is -1.61. The predicted octanol–water partition coefficient (Wildman–Crippen LogP) is 0.430. The molecule has 0 spiro atoms. The van der Waals surface area contributed by atoms with Crippen LogP contribution in [0.2, 0.25) is 0 Å². The Labute approximate surface area is 126 Å². The topological polar surface area (TPSA) is 117 Å². The van der Waals surface area contributed by atoms with Gasteiger partial charge in [-0.15, -0.1) is 0 Å². The van der Waals surface area contributed by atoms with E-state index in [9.17, 15) is 9.59 Å². The average molecular weight is 314 g/mol. The summed E-state index contributed by atoms with van der Waals surface area (Å²) in [5, 5.41) is 18.3. The molecule has 0 aromatic carbocycles. The Bertz CT molecular complexity index is 501. The molecule has 1 unspecified atom stereocenters. The molecule has 1 aliphatic heterocycles. The monoisotopic (exact) mass is 314 g/mol. The maximum Gasteiger partial charge on any atom is 0.326 e. The lowest BCUT2D eigenvalue weighted by Gasteiger charge is -2.12. The second-order valence-electron chi connectivity index (χ2n) is 4.75. The van der Waals surface area contributed by atoms with Gasteiger partial charge in [0.2, 0.25) is 5.89 Å². The van der Waals surface area contributed by atoms with E-state index in [1.807, 2.05) is 6.26 Å². The molecule has 0 radical (unpaired) electrons. The number of hydrogen-bond acceptors (Lipinski definition) is 7. The van der Waals surface area contributed by atoms with Crippen LogP contribution in [0.3, 0.4) is 0 Å². The average Bonchev–Trinajstić information content (AvgIpc) is 3.12. The van der Waals surface area contributed by atoms with Gasteiger partial charge in [0.05, 0.1) is 6.04 Å². The number of carbonyl (C=O) groups is 2. The van der Waals surface area contributed by atoms with Gasteiger partial charge in [-0.25, -0.2) is 4.79 Å². The number of rotatable bonds is 7. The van der Waals surface area contributed by atoms with E-state index in [0.29, 0.717) is 18.1 Å². The number of thioether (sulfide) groups is 1. The maximum atomic E-state index is 12.0. The fraction of sp³-hybridized carbons (Fsp3) is 0.667. The van der Waals surface area contributed by atoms with Crippen LogP contribution < -0.4 is 10.6 Å². The van der Waals surface area contributed by atoms with E-state index in [2.05, 4.69) is 20.8 Å². The highest BCUT2D eigenvalue weighted by Gasteiger charge is 2.26. The number of nitrogens with zero attached hydrogens (tertiary/aromatic N) is 2. The summed E-state index contributed by atoms with van der Waals surface area (Å²) in [7, 11) is 0. The standard InChI is InChI=1S/C12H18N4O4S/c1-21-6-4-8(12(18)19)14-10(17)9-15-11(20-16-9)7-3-2-5-13-7/h7-8,13H,2-6H2,1H3,(H,14,17)(H,18,19)/t7?,8-/m1/s1. The van der Waals surface area contributed by atoms with Gasteiger partial charge in [-0.1, -0.05) is 5.16 Å². The highest BCUT2D eigenvalue weighted by molar-refractivity contribution is 7.98. The van der Waals surface area contributed by atoms with Crippen molar-refractivity contribution in [3.63, 3.8) is 0 Å². The molecular formula is C12H18N4O4S. The molecule has 3 N–H and O–H groups in total. The smallest absolute Gasteiger partial charge is 0.326 e. The first-order chi connectivity index (χ1) is 10.1. The minimum atomic E-state index is -1.07. The zero-order valence-electron chi connectivity index (χ0n) is 11.7. The molecule has 2 atom stereocenters. The van der Waals surface area contributed by atoms with Gasteiger partial charge in [-0.3, -0.25) is 4.79 Å². The fourth-order valence-electron chi connectivity index (χ4n) is 2.08. The van der Waals surface area contributed by atoms with Crippen LogP contribution in [-0.2, 0) is 4.79 Å². The Balaban J connectivity index is 1.96. The molecule has 21 heavy (non-hydrogen) atoms. The number of hydrogen-bond donors (Lipinski definition) is 3. The summed E-state index contributed by atoms with van der Waals surface area (Å²) in [5.41, 5.74) is 0. The Morgan fingerprint density at radius 3 is 3.05 bits per heavy atom. The summed E-state index contributed by atoms with van der Waals surface area (Å²) in [4.78, 5) is 27.1. The van der Waals surface area contributed by atoms with Crippen molar-refractivity contribution in [2.75, 3.05) is 18.6 Å². The van der Waals surface area contributed by atoms with E-state index in [1.54, 1.807) is 0 Å². The summed E-state index contributed by atoms with van der Waals surface area (Å²) in [6.07, 6.45) is 4.12. The van der Waals surface area contributed by atoms with Crippen LogP contribution in [0.5, 0.6) is 0 Å². The lowest BCUT2D eigenvalue weighted by atomic mass is 10.2. The highest BCUT2D eigenvalue weighted by Crippen LogP contribution is 2.21. The molecule has 2 rings (SSSR count). The lowest BCUT2D eigenvalue weighted by molar-refractivity contribution is -0.139. The molecule has 2 heterocycles. The molecule has 9 heteroatoms. The third-order valence-electron chi connectivity index (χ3n) is 3.22. The zero-order valence-corrected chi connectivity index (χ0v) is 12.5. The molecule has 1 aliphatic rings. The highest BCUT2D eigenvalue weighted by atomic mass is 32.2. The van der Waals surface area contributed by atoms with Crippen LogP contribution in [0.4, 0.5) is 0 Å². The molecule has 1 fully saturated rings. The number of amides is 1. The molecule has 0 aliphatic carbocycles. The van der Waals surface area contributed by atoms with Crippen molar-refractivity contribution in [3.8, 4) is 0 Å². The first-order valence-electron chi connectivity index (χ1n) is 6.71. The van der Waals surface area contributed by atoms with Crippen molar-refractivity contribution in [1.82, 2.24) is 20.8 Å². The van der Waals surface area contributed by atoms with Gasteiger partial charge in [-0.2, -0.15) is 16.7 Å². The predicted molar refractivity (Wildman–Crippen MR) is 76.2 cm³/mol. The Morgan fingerprint density at radius 1 is 1.62 bits per heavy atom. The summed E-state index contributed by atoms with van der Waals surface area (Å²) in [5.74, 6) is -0.821. The van der Waals surface area contributed by atoms with Crippen LogP contribution in [0.1, 0.15) is 41.8 Å². The zero-order chi connectivity index (χ0) is 15.2. The van der Waals surface area contributed by atoms with Crippen molar-refractivity contribution < 1.29 is 19.2 Å². The van der Waals surface area contributed by atoms with Gasteiger partial charge in [0, 0.05) is 0 Å². The van der Waals surface area contributed by atoms with E-state index in [-0.39, 0.29) is 11.9 Å². The van der Waals surface area contributed by atoms with Gasteiger partial charge >= 0.3 is 5.97 Å². The van der Waals surface area contributed by atoms with E-state index >= 15 is 0 Å². The van der Waals surface area contributed by atoms with Crippen LogP contribution in [0.15, 0.2) is 4.52 Å². The molecule has 0 bridgehead atoms. The number of carboxylic acid groups (broad SMARTS) is 1. The van der Waals surface area contributed by atoms with Gasteiger partial charge in [0.25, 0.3) is 11.7 Å². The first-order valence-corrected chi connectivity index (χ1v) is 8.10. The third kappa shape index (κ3) is 4.18. The molecule has 1 amide bonds. The van der Waals surface area contributed by atoms with Crippen molar-refractivity contribution in [3.05, 3.63) is 11.7 Å². The number of carboxylic acids is 1. The van der Waals surface area contributed by atoms with Crippen molar-refractivity contribution in [2.45, 2.75) is 31.3 Å². The van der Waals surface area contributed by atoms with E-state index < -0.39 is 17.9 Å². The Morgan fingerprint density at radius 2 is 2.43 bits per heavy atom. The largest absolute Gasteiger partial charge is 0.480 e. The minimum Gasteiger partial charge on any atom is -0.480 e. The van der Waals surface area contributed by atoms with Crippen molar-refractivity contribution in [2.24, 2.45) is 0 Å². The molecule has 8 nitrogen and oxygen atoms in total. The van der Waals surface area contributed by atoms with Crippen molar-refractivity contribution in [1.29, 1.82) is 0 Å². The van der Waals surface area contributed by atoms with Gasteiger partial charge < -0.3 is 20.3 Å². The number of aromatic nitrogens is 2. The van der Waals surface area contributed by atoms with Crippen LogP contribution >= 0.6 is 11.8 Å². The van der Waals surface area contributed by atoms with Crippen LogP contribution in [-0.4, -0.2) is 51.7 Å². The van der Waals surface area contributed by atoms with E-state index in [1.165, 1.54) is 11.8 Å². The minimum absolute atomic E-state index is 0.0224. The van der Waals surface area contributed by atoms with Crippen LogP contribution in [0, 0.1) is 0 Å². The maximum absolute atomic E-state index is 12.0. The number of nitrogens with one attached hydrogen (secondary N) is 2. The lowest BCUT2D eigenvalue weighted by Crippen LogP contribution is -2.41. The molecule has 1 aromatic heterocycles. The Kier molecular flexibility index (Phi) is 5.57. The van der Waals surface area contributed by atoms with Gasteiger partial charge in [-0.05, 0) is 37.8 Å². The first kappa shape index (κ1) is 15.8. The summed E-state index contributed by atoms with van der Waals surface area (Å²) >= 11 is 1.52. The number of carbonyl (C=O) groups excluding carboxylic acids is 1. The molecular weight excluding hydrogens is 296 g/mol. The van der Waals surface area contributed by atoms with E-state index in [4.69, 9.17) is 9.63 Å². The summed E-state index contributed by atoms with van der Waals surface area (Å²) in [6.45, 7) is 0.879. The number of aliphatic carboxylic acids is 1. The summed E-state index contributed by atoms with van der Waals surface area (Å²) < 4.78 is 5.06. The third-order valence-corrected chi connectivity index (χ3v) is 3.86.